The fourth-order valence-electron chi connectivity index (χ4n) is 1.84. The van der Waals surface area contributed by atoms with Crippen molar-refractivity contribution in [1.82, 2.24) is 4.98 Å². The minimum Gasteiger partial charge on any atom is -0.487 e. The Morgan fingerprint density at radius 1 is 1.32 bits per heavy atom. The average Bonchev–Trinajstić information content (AvgIpc) is 2.46. The molecule has 1 N–H and O–H groups in total. The van der Waals surface area contributed by atoms with Gasteiger partial charge in [-0.3, -0.25) is 9.78 Å². The van der Waals surface area contributed by atoms with E-state index in [1.54, 1.807) is 6.92 Å². The Kier molecular flexibility index (Phi) is 4.26. The number of aromatic nitrogens is 1. The molecule has 0 aliphatic rings. The molecule has 0 radical (unpaired) electrons. The largest absolute Gasteiger partial charge is 0.487 e. The van der Waals surface area contributed by atoms with Crippen LogP contribution in [0, 0.1) is 6.92 Å². The van der Waals surface area contributed by atoms with Crippen LogP contribution in [0.1, 0.15) is 27.2 Å². The molecule has 0 amide bonds. The number of pyridine rings is 1. The molecule has 98 valence electrons. The second-order valence-corrected chi connectivity index (χ2v) is 4.16. The zero-order valence-corrected chi connectivity index (χ0v) is 10.7. The van der Waals surface area contributed by atoms with E-state index in [0.29, 0.717) is 35.5 Å². The second-order valence-electron chi connectivity index (χ2n) is 4.16. The van der Waals surface area contributed by atoms with Crippen molar-refractivity contribution in [2.45, 2.75) is 20.1 Å². The molecule has 19 heavy (non-hydrogen) atoms. The Morgan fingerprint density at radius 3 is 2.68 bits per heavy atom. The number of aryl methyl sites for hydroxylation is 1. The molecule has 2 rings (SSSR count). The molecule has 0 spiro atoms. The first-order valence-electron chi connectivity index (χ1n) is 5.97. The highest BCUT2D eigenvalue weighted by atomic mass is 16.5. The topological polar surface area (TPSA) is 59.4 Å². The molecule has 2 aromatic rings. The maximum atomic E-state index is 10.9. The van der Waals surface area contributed by atoms with Crippen molar-refractivity contribution in [2.24, 2.45) is 0 Å². The molecule has 4 heteroatoms. The summed E-state index contributed by atoms with van der Waals surface area (Å²) < 4.78 is 5.71. The third-order valence-corrected chi connectivity index (χ3v) is 2.86. The van der Waals surface area contributed by atoms with E-state index in [2.05, 4.69) is 4.98 Å². The molecule has 1 aromatic carbocycles. The molecular weight excluding hydrogens is 242 g/mol. The lowest BCUT2D eigenvalue weighted by Crippen LogP contribution is -2.05. The Balaban J connectivity index is 2.26. The predicted molar refractivity (Wildman–Crippen MR) is 71.1 cm³/mol. The smallest absolute Gasteiger partial charge is 0.152 e. The molecule has 0 aliphatic heterocycles. The van der Waals surface area contributed by atoms with E-state index >= 15 is 0 Å². The molecule has 0 unspecified atom stereocenters. The summed E-state index contributed by atoms with van der Waals surface area (Å²) >= 11 is 0. The van der Waals surface area contributed by atoms with Crippen LogP contribution in [-0.4, -0.2) is 16.4 Å². The lowest BCUT2D eigenvalue weighted by Gasteiger charge is -2.13. The Morgan fingerprint density at radius 2 is 2.05 bits per heavy atom. The fourth-order valence-corrected chi connectivity index (χ4v) is 1.84. The summed E-state index contributed by atoms with van der Waals surface area (Å²) in [5, 5.41) is 9.39. The predicted octanol–water partition coefficient (Wildman–Crippen LogP) is 2.27. The van der Waals surface area contributed by atoms with Gasteiger partial charge in [0.1, 0.15) is 12.4 Å². The van der Waals surface area contributed by atoms with Crippen molar-refractivity contribution in [3.63, 3.8) is 0 Å². The first kappa shape index (κ1) is 13.2. The van der Waals surface area contributed by atoms with Gasteiger partial charge in [0.05, 0.1) is 12.3 Å². The number of carbonyl (C=O) groups excluding carboxylic acids is 1. The van der Waals surface area contributed by atoms with Crippen molar-refractivity contribution in [3.05, 3.63) is 58.9 Å². The third kappa shape index (κ3) is 2.98. The number of benzene rings is 1. The first-order chi connectivity index (χ1) is 9.26. The number of rotatable bonds is 5. The van der Waals surface area contributed by atoms with E-state index < -0.39 is 0 Å². The first-order valence-corrected chi connectivity index (χ1v) is 5.97. The maximum absolute atomic E-state index is 10.9. The van der Waals surface area contributed by atoms with Crippen molar-refractivity contribution in [3.8, 4) is 5.75 Å². The number of aliphatic hydroxyl groups excluding tert-OH is 1. The number of nitrogens with zero attached hydrogens (tertiary/aromatic N) is 1. The van der Waals surface area contributed by atoms with Crippen LogP contribution in [0.5, 0.6) is 5.75 Å². The molecule has 1 aromatic heterocycles. The van der Waals surface area contributed by atoms with Crippen molar-refractivity contribution in [1.29, 1.82) is 0 Å². The number of aliphatic hydroxyl groups is 1. The Bertz CT molecular complexity index is 567. The molecule has 1 heterocycles. The monoisotopic (exact) mass is 257 g/mol. The molecular formula is C15H15NO3. The van der Waals surface area contributed by atoms with Crippen LogP contribution in [0.2, 0.25) is 0 Å². The maximum Gasteiger partial charge on any atom is 0.152 e. The average molecular weight is 257 g/mol. The van der Waals surface area contributed by atoms with Crippen LogP contribution in [-0.2, 0) is 13.2 Å². The molecule has 0 bridgehead atoms. The highest BCUT2D eigenvalue weighted by molar-refractivity contribution is 5.78. The Labute approximate surface area is 111 Å². The van der Waals surface area contributed by atoms with Gasteiger partial charge in [-0.25, -0.2) is 0 Å². The van der Waals surface area contributed by atoms with E-state index in [1.807, 2.05) is 30.3 Å². The van der Waals surface area contributed by atoms with Crippen LogP contribution in [0.3, 0.4) is 0 Å². The van der Waals surface area contributed by atoms with E-state index in [1.165, 1.54) is 6.20 Å². The van der Waals surface area contributed by atoms with Gasteiger partial charge < -0.3 is 9.84 Å². The van der Waals surface area contributed by atoms with Crippen LogP contribution in [0.15, 0.2) is 36.5 Å². The molecule has 0 aliphatic carbocycles. The number of hydrogen-bond acceptors (Lipinski definition) is 4. The van der Waals surface area contributed by atoms with E-state index in [-0.39, 0.29) is 6.61 Å². The van der Waals surface area contributed by atoms with Gasteiger partial charge in [0.15, 0.2) is 6.29 Å². The third-order valence-electron chi connectivity index (χ3n) is 2.86. The normalized spacial score (nSPS) is 10.2. The summed E-state index contributed by atoms with van der Waals surface area (Å²) in [6, 6.07) is 9.69. The van der Waals surface area contributed by atoms with Crippen LogP contribution in [0.25, 0.3) is 0 Å². The van der Waals surface area contributed by atoms with Gasteiger partial charge in [-0.15, -0.1) is 0 Å². The van der Waals surface area contributed by atoms with Gasteiger partial charge in [0.25, 0.3) is 0 Å². The van der Waals surface area contributed by atoms with E-state index in [9.17, 15) is 9.90 Å². The number of aldehydes is 1. The number of carbonyl (C=O) groups is 1. The minimum atomic E-state index is -0.248. The molecule has 0 fully saturated rings. The van der Waals surface area contributed by atoms with Crippen LogP contribution >= 0.6 is 0 Å². The zero-order valence-electron chi connectivity index (χ0n) is 10.7. The fraction of sp³-hybridized carbons (Fsp3) is 0.200. The molecule has 4 nitrogen and oxygen atoms in total. The number of ether oxygens (including phenoxy) is 1. The summed E-state index contributed by atoms with van der Waals surface area (Å²) in [5.41, 5.74) is 2.52. The molecule has 0 saturated heterocycles. The summed E-state index contributed by atoms with van der Waals surface area (Å²) in [7, 11) is 0. The summed E-state index contributed by atoms with van der Waals surface area (Å²) in [6.07, 6.45) is 2.12. The zero-order chi connectivity index (χ0) is 13.7. The highest BCUT2D eigenvalue weighted by Crippen LogP contribution is 2.25. The lowest BCUT2D eigenvalue weighted by atomic mass is 10.1. The van der Waals surface area contributed by atoms with E-state index in [4.69, 9.17) is 4.74 Å². The quantitative estimate of drug-likeness (QED) is 0.835. The minimum absolute atomic E-state index is 0.248. The summed E-state index contributed by atoms with van der Waals surface area (Å²) in [6.45, 7) is 1.91. The summed E-state index contributed by atoms with van der Waals surface area (Å²) in [5.74, 6) is 0.482. The Hall–Kier alpha value is -2.20. The van der Waals surface area contributed by atoms with E-state index in [0.717, 1.165) is 5.56 Å². The van der Waals surface area contributed by atoms with Crippen molar-refractivity contribution in [2.75, 3.05) is 0 Å². The van der Waals surface area contributed by atoms with Gasteiger partial charge in [-0.1, -0.05) is 30.3 Å². The molecule has 0 saturated carbocycles. The van der Waals surface area contributed by atoms with Crippen molar-refractivity contribution < 1.29 is 14.6 Å². The summed E-state index contributed by atoms with van der Waals surface area (Å²) in [4.78, 5) is 15.0. The van der Waals surface area contributed by atoms with Crippen LogP contribution < -0.4 is 4.74 Å². The SMILES string of the molecule is Cc1ncc(C=O)c(CO)c1OCc1ccccc1. The standard InChI is InChI=1S/C15H15NO3/c1-11-15(14(9-18)13(8-17)7-16-11)19-10-12-5-3-2-4-6-12/h2-8,18H,9-10H2,1H3. The molecule has 0 atom stereocenters. The van der Waals surface area contributed by atoms with Gasteiger partial charge in [0, 0.05) is 17.3 Å². The highest BCUT2D eigenvalue weighted by Gasteiger charge is 2.13. The van der Waals surface area contributed by atoms with Gasteiger partial charge >= 0.3 is 0 Å². The second kappa shape index (κ2) is 6.11. The number of hydrogen-bond donors (Lipinski definition) is 1. The van der Waals surface area contributed by atoms with Gasteiger partial charge in [0.2, 0.25) is 0 Å². The van der Waals surface area contributed by atoms with Crippen LogP contribution in [0.4, 0.5) is 0 Å². The van der Waals surface area contributed by atoms with Gasteiger partial charge in [-0.2, -0.15) is 0 Å². The van der Waals surface area contributed by atoms with Crippen molar-refractivity contribution >= 4 is 6.29 Å². The lowest BCUT2D eigenvalue weighted by molar-refractivity contribution is 0.111. The van der Waals surface area contributed by atoms with Gasteiger partial charge in [-0.05, 0) is 12.5 Å².